The van der Waals surface area contributed by atoms with E-state index in [0.717, 1.165) is 22.8 Å². The average Bonchev–Trinajstić information content (AvgIpc) is 2.63. The Hall–Kier alpha value is -1.70. The smallest absolute Gasteiger partial charge is 0.243 e. The van der Waals surface area contributed by atoms with Crippen LogP contribution in [0.1, 0.15) is 13.8 Å². The summed E-state index contributed by atoms with van der Waals surface area (Å²) in [7, 11) is -3.48. The Labute approximate surface area is 130 Å². The summed E-state index contributed by atoms with van der Waals surface area (Å²) in [6, 6.07) is 5.13. The molecule has 0 aromatic heterocycles. The lowest BCUT2D eigenvalue weighted by Crippen LogP contribution is -2.64. The lowest BCUT2D eigenvalue weighted by atomic mass is 10.2. The third-order valence-corrected chi connectivity index (χ3v) is 5.59. The van der Waals surface area contributed by atoms with Crippen molar-refractivity contribution in [2.24, 2.45) is 0 Å². The Morgan fingerprint density at radius 3 is 2.68 bits per heavy atom. The van der Waals surface area contributed by atoms with Gasteiger partial charge in [0.1, 0.15) is 5.69 Å². The number of nitrogens with one attached hydrogen (secondary N) is 2. The molecule has 118 valence electrons. The van der Waals surface area contributed by atoms with Crippen molar-refractivity contribution >= 4 is 27.1 Å². The molecule has 1 saturated heterocycles. The highest BCUT2D eigenvalue weighted by Gasteiger charge is 2.27. The number of ether oxygens (including phenoxy) is 1. The molecule has 3 rings (SSSR count). The van der Waals surface area contributed by atoms with Crippen LogP contribution in [0, 0.1) is 0 Å². The number of fused-ring (bicyclic) bond motifs is 1. The van der Waals surface area contributed by atoms with Gasteiger partial charge in [0, 0.05) is 37.9 Å². The molecule has 0 saturated carbocycles. The molecule has 0 aliphatic carbocycles. The summed E-state index contributed by atoms with van der Waals surface area (Å²) in [6.45, 7) is 5.61. The maximum absolute atomic E-state index is 12.7. The molecule has 2 heterocycles. The van der Waals surface area contributed by atoms with Crippen LogP contribution in [0.25, 0.3) is 0 Å². The van der Waals surface area contributed by atoms with E-state index < -0.39 is 10.0 Å². The number of hydrogen-bond acceptors (Lipinski definition) is 4. The minimum absolute atomic E-state index is 0.301. The SMILES string of the molecule is CC1=CC(C)=[NH+]c2ccc(S(=O)(=O)N3CCOCC3)cc2N1. The van der Waals surface area contributed by atoms with Gasteiger partial charge in [0.05, 0.1) is 18.1 Å². The fourth-order valence-electron chi connectivity index (χ4n) is 2.65. The normalized spacial score (nSPS) is 19.5. The van der Waals surface area contributed by atoms with E-state index in [2.05, 4.69) is 10.3 Å². The topological polar surface area (TPSA) is 72.6 Å². The molecule has 1 fully saturated rings. The van der Waals surface area contributed by atoms with E-state index in [1.165, 1.54) is 4.31 Å². The number of morpholine rings is 1. The first-order valence-electron chi connectivity index (χ1n) is 7.25. The molecule has 0 radical (unpaired) electrons. The van der Waals surface area contributed by atoms with Gasteiger partial charge < -0.3 is 10.1 Å². The number of rotatable bonds is 2. The van der Waals surface area contributed by atoms with Gasteiger partial charge in [0.2, 0.25) is 15.7 Å². The van der Waals surface area contributed by atoms with Gasteiger partial charge in [0.25, 0.3) is 0 Å². The van der Waals surface area contributed by atoms with Crippen LogP contribution in [-0.2, 0) is 14.8 Å². The highest BCUT2D eigenvalue weighted by atomic mass is 32.2. The average molecular weight is 322 g/mol. The molecule has 22 heavy (non-hydrogen) atoms. The lowest BCUT2D eigenvalue weighted by molar-refractivity contribution is -0.351. The molecule has 2 aliphatic heterocycles. The molecular formula is C15H20N3O3S+. The van der Waals surface area contributed by atoms with Crippen LogP contribution in [0.3, 0.4) is 0 Å². The van der Waals surface area contributed by atoms with Gasteiger partial charge in [0.15, 0.2) is 5.71 Å². The lowest BCUT2D eigenvalue weighted by Gasteiger charge is -2.26. The van der Waals surface area contributed by atoms with Gasteiger partial charge in [-0.1, -0.05) is 0 Å². The predicted molar refractivity (Wildman–Crippen MR) is 84.7 cm³/mol. The van der Waals surface area contributed by atoms with Gasteiger partial charge in [-0.05, 0) is 19.1 Å². The number of sulfonamides is 1. The first-order chi connectivity index (χ1) is 10.5. The van der Waals surface area contributed by atoms with Crippen molar-refractivity contribution in [1.29, 1.82) is 0 Å². The number of nitrogens with zero attached hydrogens (tertiary/aromatic N) is 1. The van der Waals surface area contributed by atoms with Crippen molar-refractivity contribution in [1.82, 2.24) is 4.31 Å². The molecule has 7 heteroatoms. The Kier molecular flexibility index (Phi) is 4.03. The number of benzene rings is 1. The molecule has 0 bridgehead atoms. The van der Waals surface area contributed by atoms with Gasteiger partial charge in [-0.2, -0.15) is 4.31 Å². The molecule has 6 nitrogen and oxygen atoms in total. The Bertz CT molecular complexity index is 747. The summed E-state index contributed by atoms with van der Waals surface area (Å²) in [5.74, 6) is 0. The number of allylic oxidation sites excluding steroid dienone is 2. The third-order valence-electron chi connectivity index (χ3n) is 3.70. The van der Waals surface area contributed by atoms with Crippen LogP contribution in [0.4, 0.5) is 11.4 Å². The van der Waals surface area contributed by atoms with E-state index in [1.54, 1.807) is 18.2 Å². The molecule has 0 atom stereocenters. The number of hydrogen-bond donors (Lipinski definition) is 2. The van der Waals surface area contributed by atoms with Crippen LogP contribution in [0.5, 0.6) is 0 Å². The first kappa shape index (κ1) is 15.2. The van der Waals surface area contributed by atoms with Crippen LogP contribution in [0.15, 0.2) is 34.9 Å². The number of anilines is 1. The fraction of sp³-hybridized carbons (Fsp3) is 0.400. The van der Waals surface area contributed by atoms with Crippen molar-refractivity contribution < 1.29 is 18.1 Å². The second-order valence-corrected chi connectivity index (χ2v) is 7.42. The molecule has 0 amide bonds. The van der Waals surface area contributed by atoms with E-state index in [0.29, 0.717) is 31.2 Å². The fourth-order valence-corrected chi connectivity index (χ4v) is 4.09. The van der Waals surface area contributed by atoms with Gasteiger partial charge in [-0.25, -0.2) is 13.4 Å². The Balaban J connectivity index is 1.99. The summed E-state index contributed by atoms with van der Waals surface area (Å²) in [4.78, 5) is 3.56. The molecule has 1 aromatic rings. The van der Waals surface area contributed by atoms with Crippen molar-refractivity contribution in [3.05, 3.63) is 30.0 Å². The largest absolute Gasteiger partial charge is 0.379 e. The predicted octanol–water partition coefficient (Wildman–Crippen LogP) is 0.210. The van der Waals surface area contributed by atoms with Gasteiger partial charge >= 0.3 is 0 Å². The minimum Gasteiger partial charge on any atom is -0.379 e. The van der Waals surface area contributed by atoms with E-state index in [4.69, 9.17) is 4.74 Å². The first-order valence-corrected chi connectivity index (χ1v) is 8.69. The zero-order valence-electron chi connectivity index (χ0n) is 12.7. The third kappa shape index (κ3) is 2.92. The van der Waals surface area contributed by atoms with Gasteiger partial charge in [-0.3, -0.25) is 0 Å². The monoisotopic (exact) mass is 322 g/mol. The minimum atomic E-state index is -3.48. The van der Waals surface area contributed by atoms with Gasteiger partial charge in [-0.15, -0.1) is 0 Å². The molecule has 2 aliphatic rings. The van der Waals surface area contributed by atoms with E-state index in [9.17, 15) is 8.42 Å². The zero-order chi connectivity index (χ0) is 15.7. The summed E-state index contributed by atoms with van der Waals surface area (Å²) >= 11 is 0. The maximum atomic E-state index is 12.7. The zero-order valence-corrected chi connectivity index (χ0v) is 13.5. The second kappa shape index (κ2) is 5.83. The Morgan fingerprint density at radius 1 is 1.23 bits per heavy atom. The highest BCUT2D eigenvalue weighted by molar-refractivity contribution is 7.89. The molecule has 0 spiro atoms. The highest BCUT2D eigenvalue weighted by Crippen LogP contribution is 2.26. The van der Waals surface area contributed by atoms with E-state index in [1.807, 2.05) is 19.9 Å². The second-order valence-electron chi connectivity index (χ2n) is 5.48. The van der Waals surface area contributed by atoms with E-state index in [-0.39, 0.29) is 0 Å². The van der Waals surface area contributed by atoms with Crippen molar-refractivity contribution in [3.63, 3.8) is 0 Å². The molecule has 1 aromatic carbocycles. The maximum Gasteiger partial charge on any atom is 0.243 e. The van der Waals surface area contributed by atoms with Crippen LogP contribution < -0.4 is 10.3 Å². The quantitative estimate of drug-likeness (QED) is 0.816. The van der Waals surface area contributed by atoms with Crippen LogP contribution in [-0.4, -0.2) is 44.7 Å². The summed E-state index contributed by atoms with van der Waals surface area (Å²) in [6.07, 6.45) is 1.98. The van der Waals surface area contributed by atoms with Crippen LogP contribution >= 0.6 is 0 Å². The Morgan fingerprint density at radius 2 is 1.95 bits per heavy atom. The van der Waals surface area contributed by atoms with Crippen molar-refractivity contribution in [2.75, 3.05) is 31.6 Å². The summed E-state index contributed by atoms with van der Waals surface area (Å²) < 4.78 is 32.1. The molecule has 2 N–H and O–H groups in total. The van der Waals surface area contributed by atoms with Crippen molar-refractivity contribution in [3.8, 4) is 0 Å². The van der Waals surface area contributed by atoms with E-state index >= 15 is 0 Å². The van der Waals surface area contributed by atoms with Crippen molar-refractivity contribution in [2.45, 2.75) is 18.7 Å². The molecular weight excluding hydrogens is 302 g/mol. The molecule has 0 unspecified atom stereocenters. The standard InChI is InChI=1S/C15H19N3O3S/c1-11-9-12(2)17-15-10-13(3-4-14(15)16-11)22(19,20)18-5-7-21-8-6-18/h3-4,9-10,17H,5-8H2,1-2H3/p+1. The summed E-state index contributed by atoms with van der Waals surface area (Å²) in [5, 5.41) is 3.24. The summed E-state index contributed by atoms with van der Waals surface area (Å²) in [5.41, 5.74) is 3.60. The van der Waals surface area contributed by atoms with Crippen LogP contribution in [0.2, 0.25) is 0 Å².